The van der Waals surface area contributed by atoms with E-state index in [0.717, 1.165) is 5.56 Å². The first-order valence-corrected chi connectivity index (χ1v) is 7.42. The van der Waals surface area contributed by atoms with Gasteiger partial charge in [0.2, 0.25) is 0 Å². The summed E-state index contributed by atoms with van der Waals surface area (Å²) in [5, 5.41) is 20.2. The van der Waals surface area contributed by atoms with Crippen molar-refractivity contribution < 1.29 is 9.90 Å². The number of nitrogens with one attached hydrogen (secondary N) is 2. The molecule has 24 heavy (non-hydrogen) atoms. The van der Waals surface area contributed by atoms with Crippen molar-refractivity contribution in [2.24, 2.45) is 0 Å². The Morgan fingerprint density at radius 2 is 2.17 bits per heavy atom. The van der Waals surface area contributed by atoms with Crippen LogP contribution in [0.15, 0.2) is 29.2 Å². The lowest BCUT2D eigenvalue weighted by Gasteiger charge is -2.13. The molecule has 124 valence electrons. The Kier molecular flexibility index (Phi) is 3.90. The highest BCUT2D eigenvalue weighted by Gasteiger charge is 2.16. The molecule has 0 aliphatic carbocycles. The molecule has 0 saturated carbocycles. The molecule has 0 fully saturated rings. The van der Waals surface area contributed by atoms with Gasteiger partial charge in [-0.25, -0.2) is 4.98 Å². The minimum absolute atomic E-state index is 0.0601. The number of hydrogen-bond donors (Lipinski definition) is 3. The fourth-order valence-electron chi connectivity index (χ4n) is 2.72. The van der Waals surface area contributed by atoms with Gasteiger partial charge in [-0.15, -0.1) is 0 Å². The van der Waals surface area contributed by atoms with Crippen LogP contribution in [0.2, 0.25) is 0 Å². The molecule has 3 N–H and O–H groups in total. The van der Waals surface area contributed by atoms with E-state index in [0.29, 0.717) is 5.65 Å². The molecule has 0 aliphatic heterocycles. The summed E-state index contributed by atoms with van der Waals surface area (Å²) in [6.45, 7) is 1.66. The van der Waals surface area contributed by atoms with Crippen LogP contribution in [0, 0.1) is 12.3 Å². The molecule has 0 radical (unpaired) electrons. The first-order valence-electron chi connectivity index (χ1n) is 7.42. The molecule has 3 aromatic heterocycles. The van der Waals surface area contributed by atoms with Crippen molar-refractivity contribution in [1.82, 2.24) is 19.3 Å². The molecule has 0 aromatic carbocycles. The van der Waals surface area contributed by atoms with E-state index in [1.54, 1.807) is 12.3 Å². The van der Waals surface area contributed by atoms with Gasteiger partial charge in [-0.1, -0.05) is 6.07 Å². The van der Waals surface area contributed by atoms with Gasteiger partial charge in [0.1, 0.15) is 16.8 Å². The summed E-state index contributed by atoms with van der Waals surface area (Å²) in [4.78, 5) is 29.4. The number of fused-ring (bicyclic) bond motifs is 2. The number of nitrogens with zero attached hydrogens (tertiary/aromatic N) is 3. The highest BCUT2D eigenvalue weighted by atomic mass is 16.3. The van der Waals surface area contributed by atoms with Crippen LogP contribution in [0.25, 0.3) is 16.7 Å². The van der Waals surface area contributed by atoms with Gasteiger partial charge >= 0.3 is 0 Å². The molecular formula is C16H17N5O3. The largest absolute Gasteiger partial charge is 0.395 e. The molecule has 0 atom stereocenters. The lowest BCUT2D eigenvalue weighted by Crippen LogP contribution is -2.34. The monoisotopic (exact) mass is 327 g/mol. The quantitative estimate of drug-likeness (QED) is 0.578. The molecule has 0 aliphatic rings. The number of aryl methyl sites for hydroxylation is 1. The van der Waals surface area contributed by atoms with E-state index in [1.165, 1.54) is 22.1 Å². The normalized spacial score (nSPS) is 11.1. The number of carbonyl (C=O) groups excluding carboxylic acids is 1. The maximum absolute atomic E-state index is 12.8. The maximum atomic E-state index is 12.8. The zero-order valence-corrected chi connectivity index (χ0v) is 13.3. The second-order valence-corrected chi connectivity index (χ2v) is 5.40. The number of pyridine rings is 2. The van der Waals surface area contributed by atoms with Crippen LogP contribution in [0.3, 0.4) is 0 Å². The van der Waals surface area contributed by atoms with Crippen molar-refractivity contribution in [3.05, 3.63) is 51.4 Å². The van der Waals surface area contributed by atoms with Gasteiger partial charge in [-0.2, -0.15) is 0 Å². The molecule has 0 saturated heterocycles. The Morgan fingerprint density at radius 3 is 2.83 bits per heavy atom. The zero-order chi connectivity index (χ0) is 17.4. The third kappa shape index (κ3) is 2.28. The minimum Gasteiger partial charge on any atom is -0.395 e. The van der Waals surface area contributed by atoms with E-state index in [4.69, 9.17) is 5.41 Å². The van der Waals surface area contributed by atoms with Crippen LogP contribution in [-0.4, -0.2) is 38.6 Å². The Morgan fingerprint density at radius 1 is 1.42 bits per heavy atom. The van der Waals surface area contributed by atoms with Gasteiger partial charge in [0.05, 0.1) is 17.6 Å². The second kappa shape index (κ2) is 5.89. The van der Waals surface area contributed by atoms with E-state index < -0.39 is 5.91 Å². The average molecular weight is 327 g/mol. The van der Waals surface area contributed by atoms with Crippen molar-refractivity contribution in [3.8, 4) is 0 Å². The van der Waals surface area contributed by atoms with Gasteiger partial charge < -0.3 is 15.0 Å². The summed E-state index contributed by atoms with van der Waals surface area (Å²) in [7, 11) is 1.46. The van der Waals surface area contributed by atoms with Crippen molar-refractivity contribution >= 4 is 22.6 Å². The van der Waals surface area contributed by atoms with Gasteiger partial charge in [0, 0.05) is 19.8 Å². The summed E-state index contributed by atoms with van der Waals surface area (Å²) < 4.78 is 2.80. The number of amides is 1. The molecule has 3 rings (SSSR count). The topological polar surface area (TPSA) is 112 Å². The molecule has 0 bridgehead atoms. The summed E-state index contributed by atoms with van der Waals surface area (Å²) >= 11 is 0. The van der Waals surface area contributed by atoms with Gasteiger partial charge in [0.15, 0.2) is 0 Å². The summed E-state index contributed by atoms with van der Waals surface area (Å²) in [5.41, 5.74) is 1.21. The smallest absolute Gasteiger partial charge is 0.267 e. The molecule has 3 heterocycles. The van der Waals surface area contributed by atoms with Gasteiger partial charge in [-0.3, -0.25) is 19.4 Å². The number of aliphatic hydroxyl groups is 1. The SMILES string of the molecule is CNC(=O)c1cc2c(=O)n3cccc(C)c3nc2n(CCO)c1=N. The molecule has 3 aromatic rings. The van der Waals surface area contributed by atoms with E-state index in [-0.39, 0.29) is 40.8 Å². The minimum atomic E-state index is -0.470. The molecule has 0 unspecified atom stereocenters. The average Bonchev–Trinajstić information content (AvgIpc) is 2.58. The van der Waals surface area contributed by atoms with Crippen LogP contribution in [0.1, 0.15) is 15.9 Å². The zero-order valence-electron chi connectivity index (χ0n) is 13.3. The van der Waals surface area contributed by atoms with E-state index in [1.807, 2.05) is 13.0 Å². The number of rotatable bonds is 3. The van der Waals surface area contributed by atoms with Crippen molar-refractivity contribution in [3.63, 3.8) is 0 Å². The number of carbonyl (C=O) groups is 1. The first-order chi connectivity index (χ1) is 11.5. The summed E-state index contributed by atoms with van der Waals surface area (Å²) in [5.74, 6) is -0.470. The Hall–Kier alpha value is -3.00. The van der Waals surface area contributed by atoms with Crippen LogP contribution >= 0.6 is 0 Å². The molecule has 1 amide bonds. The van der Waals surface area contributed by atoms with Crippen molar-refractivity contribution in [2.45, 2.75) is 13.5 Å². The van der Waals surface area contributed by atoms with Gasteiger partial charge in [-0.05, 0) is 24.6 Å². The third-order valence-corrected chi connectivity index (χ3v) is 3.93. The Balaban J connectivity index is 2.56. The van der Waals surface area contributed by atoms with Crippen LogP contribution in [-0.2, 0) is 6.54 Å². The second-order valence-electron chi connectivity index (χ2n) is 5.40. The Bertz CT molecular complexity index is 1080. The van der Waals surface area contributed by atoms with Crippen LogP contribution < -0.4 is 16.4 Å². The molecular weight excluding hydrogens is 310 g/mol. The number of hydrogen-bond acceptors (Lipinski definition) is 5. The third-order valence-electron chi connectivity index (χ3n) is 3.93. The fraction of sp³-hybridized carbons (Fsp3) is 0.250. The summed E-state index contributed by atoms with van der Waals surface area (Å²) in [6, 6.07) is 4.97. The van der Waals surface area contributed by atoms with Gasteiger partial charge in [0.25, 0.3) is 11.5 Å². The van der Waals surface area contributed by atoms with Crippen LogP contribution in [0.4, 0.5) is 0 Å². The van der Waals surface area contributed by atoms with Crippen molar-refractivity contribution in [1.29, 1.82) is 5.41 Å². The number of aromatic nitrogens is 3. The molecule has 0 spiro atoms. The Labute approximate surface area is 136 Å². The predicted molar refractivity (Wildman–Crippen MR) is 88.0 cm³/mol. The van der Waals surface area contributed by atoms with Crippen molar-refractivity contribution in [2.75, 3.05) is 13.7 Å². The van der Waals surface area contributed by atoms with E-state index >= 15 is 0 Å². The summed E-state index contributed by atoms with van der Waals surface area (Å²) in [6.07, 6.45) is 1.61. The molecule has 8 nitrogen and oxygen atoms in total. The number of aliphatic hydroxyl groups excluding tert-OH is 1. The lowest BCUT2D eigenvalue weighted by atomic mass is 10.2. The highest BCUT2D eigenvalue weighted by molar-refractivity contribution is 5.96. The first kappa shape index (κ1) is 15.9. The standard InChI is InChI=1S/C16H17N5O3/c1-9-4-3-5-21-13(9)19-14-11(16(21)24)8-10(15(23)18-2)12(17)20(14)6-7-22/h3-5,8,17,22H,6-7H2,1-2H3,(H,18,23). The fourth-order valence-corrected chi connectivity index (χ4v) is 2.72. The lowest BCUT2D eigenvalue weighted by molar-refractivity contribution is 0.0960. The van der Waals surface area contributed by atoms with E-state index in [9.17, 15) is 14.7 Å². The molecule has 8 heteroatoms. The maximum Gasteiger partial charge on any atom is 0.267 e. The predicted octanol–water partition coefficient (Wildman–Crippen LogP) is -0.211. The van der Waals surface area contributed by atoms with E-state index in [2.05, 4.69) is 10.3 Å². The highest BCUT2D eigenvalue weighted by Crippen LogP contribution is 2.12. The van der Waals surface area contributed by atoms with Crippen LogP contribution in [0.5, 0.6) is 0 Å².